The number of pyridine rings is 1. The van der Waals surface area contributed by atoms with Crippen molar-refractivity contribution >= 4 is 11.6 Å². The van der Waals surface area contributed by atoms with E-state index >= 15 is 0 Å². The number of nitrogens with zero attached hydrogens (tertiary/aromatic N) is 2. The second kappa shape index (κ2) is 6.70. The Labute approximate surface area is 120 Å². The summed E-state index contributed by atoms with van der Waals surface area (Å²) in [6.45, 7) is 6.34. The minimum absolute atomic E-state index is 0.0209. The number of piperidine rings is 1. The number of carbonyl (C=O) groups excluding carboxylic acids is 1. The van der Waals surface area contributed by atoms with Gasteiger partial charge in [-0.2, -0.15) is 0 Å². The molecule has 3 N–H and O–H groups in total. The van der Waals surface area contributed by atoms with Crippen LogP contribution in [-0.4, -0.2) is 30.5 Å². The Kier molecular flexibility index (Phi) is 4.95. The topological polar surface area (TPSA) is 71.2 Å². The van der Waals surface area contributed by atoms with E-state index in [9.17, 15) is 4.79 Å². The highest BCUT2D eigenvalue weighted by Crippen LogP contribution is 2.23. The van der Waals surface area contributed by atoms with Gasteiger partial charge in [-0.05, 0) is 37.8 Å². The van der Waals surface area contributed by atoms with Gasteiger partial charge in [-0.1, -0.05) is 0 Å². The lowest BCUT2D eigenvalue weighted by molar-refractivity contribution is -0.119. The lowest BCUT2D eigenvalue weighted by Gasteiger charge is -2.33. The van der Waals surface area contributed by atoms with Gasteiger partial charge in [0.05, 0.1) is 17.6 Å². The van der Waals surface area contributed by atoms with Gasteiger partial charge >= 0.3 is 0 Å². The maximum absolute atomic E-state index is 10.9. The molecule has 0 unspecified atom stereocenters. The van der Waals surface area contributed by atoms with Gasteiger partial charge in [-0.25, -0.2) is 0 Å². The number of hydrogen-bond acceptors (Lipinski definition) is 4. The Morgan fingerprint density at radius 3 is 2.70 bits per heavy atom. The van der Waals surface area contributed by atoms with Crippen LogP contribution in [0.3, 0.4) is 0 Å². The molecule has 0 aliphatic carbocycles. The van der Waals surface area contributed by atoms with Crippen molar-refractivity contribution in [3.05, 3.63) is 24.0 Å². The highest BCUT2D eigenvalue weighted by molar-refractivity contribution is 5.72. The first-order chi connectivity index (χ1) is 9.56. The van der Waals surface area contributed by atoms with E-state index in [-0.39, 0.29) is 11.9 Å². The predicted molar refractivity (Wildman–Crippen MR) is 80.5 cm³/mol. The number of anilines is 1. The average molecular weight is 276 g/mol. The smallest absolute Gasteiger partial charge is 0.216 e. The van der Waals surface area contributed by atoms with E-state index in [1.54, 1.807) is 6.92 Å². The van der Waals surface area contributed by atoms with Crippen LogP contribution in [0.2, 0.25) is 0 Å². The van der Waals surface area contributed by atoms with Crippen molar-refractivity contribution < 1.29 is 4.79 Å². The lowest BCUT2D eigenvalue weighted by atomic mass is 9.96. The van der Waals surface area contributed by atoms with Crippen molar-refractivity contribution in [1.82, 2.24) is 10.3 Å². The van der Waals surface area contributed by atoms with Crippen molar-refractivity contribution in [2.75, 3.05) is 24.5 Å². The molecule has 1 atom stereocenters. The number of nitrogens with two attached hydrogens (primary N) is 1. The number of nitrogens with one attached hydrogen (secondary N) is 1. The van der Waals surface area contributed by atoms with Crippen LogP contribution in [0.4, 0.5) is 5.69 Å². The van der Waals surface area contributed by atoms with E-state index < -0.39 is 0 Å². The molecule has 1 aromatic rings. The van der Waals surface area contributed by atoms with E-state index in [0.717, 1.165) is 43.9 Å². The van der Waals surface area contributed by atoms with Crippen molar-refractivity contribution in [3.63, 3.8) is 0 Å². The largest absolute Gasteiger partial charge is 0.370 e. The van der Waals surface area contributed by atoms with Crippen LogP contribution in [0.5, 0.6) is 0 Å². The SMILES string of the molecule is CC(=O)NCC1CCN(c2ccc([C@H](C)N)nc2)CC1. The van der Waals surface area contributed by atoms with Gasteiger partial charge in [0.1, 0.15) is 0 Å². The summed E-state index contributed by atoms with van der Waals surface area (Å²) in [6, 6.07) is 4.08. The zero-order valence-electron chi connectivity index (χ0n) is 12.3. The van der Waals surface area contributed by atoms with Crippen molar-refractivity contribution in [1.29, 1.82) is 0 Å². The summed E-state index contributed by atoms with van der Waals surface area (Å²) < 4.78 is 0. The Balaban J connectivity index is 1.85. The van der Waals surface area contributed by atoms with Gasteiger partial charge in [-0.15, -0.1) is 0 Å². The molecule has 1 aromatic heterocycles. The van der Waals surface area contributed by atoms with Crippen LogP contribution in [0.25, 0.3) is 0 Å². The minimum atomic E-state index is -0.0209. The molecule has 0 bridgehead atoms. The average Bonchev–Trinajstić information content (AvgIpc) is 2.46. The van der Waals surface area contributed by atoms with Crippen molar-refractivity contribution in [2.45, 2.75) is 32.7 Å². The number of rotatable bonds is 4. The second-order valence-corrected chi connectivity index (χ2v) is 5.60. The summed E-state index contributed by atoms with van der Waals surface area (Å²) >= 11 is 0. The predicted octanol–water partition coefficient (Wildman–Crippen LogP) is 1.45. The molecule has 5 nitrogen and oxygen atoms in total. The summed E-state index contributed by atoms with van der Waals surface area (Å²) in [5.74, 6) is 0.648. The van der Waals surface area contributed by atoms with Crippen molar-refractivity contribution in [3.8, 4) is 0 Å². The molecule has 5 heteroatoms. The van der Waals surface area contributed by atoms with Gasteiger partial charge in [0.2, 0.25) is 5.91 Å². The summed E-state index contributed by atoms with van der Waals surface area (Å²) in [5, 5.41) is 2.91. The van der Waals surface area contributed by atoms with E-state index in [1.165, 1.54) is 0 Å². The standard InChI is InChI=1S/C15H24N4O/c1-11(16)15-4-3-14(10-18-15)19-7-5-13(6-8-19)9-17-12(2)20/h3-4,10-11,13H,5-9,16H2,1-2H3,(H,17,20)/t11-/m0/s1. The van der Waals surface area contributed by atoms with Crippen LogP contribution < -0.4 is 16.0 Å². The molecule has 0 radical (unpaired) electrons. The third-order valence-corrected chi connectivity index (χ3v) is 3.86. The highest BCUT2D eigenvalue weighted by Gasteiger charge is 2.19. The van der Waals surface area contributed by atoms with Crippen LogP contribution in [0.1, 0.15) is 38.4 Å². The molecule has 110 valence electrons. The molecule has 1 aliphatic heterocycles. The zero-order valence-corrected chi connectivity index (χ0v) is 12.3. The summed E-state index contributed by atoms with van der Waals surface area (Å²) in [7, 11) is 0. The fourth-order valence-electron chi connectivity index (χ4n) is 2.54. The Morgan fingerprint density at radius 1 is 1.50 bits per heavy atom. The quantitative estimate of drug-likeness (QED) is 0.873. The number of amides is 1. The molecule has 0 aromatic carbocycles. The lowest BCUT2D eigenvalue weighted by Crippen LogP contribution is -2.38. The van der Waals surface area contributed by atoms with Crippen LogP contribution in [-0.2, 0) is 4.79 Å². The molecular formula is C15H24N4O. The third-order valence-electron chi connectivity index (χ3n) is 3.86. The van der Waals surface area contributed by atoms with Crippen molar-refractivity contribution in [2.24, 2.45) is 11.7 Å². The number of carbonyl (C=O) groups is 1. The molecular weight excluding hydrogens is 252 g/mol. The van der Waals surface area contributed by atoms with Gasteiger partial charge in [0.15, 0.2) is 0 Å². The Morgan fingerprint density at radius 2 is 2.20 bits per heavy atom. The molecule has 0 saturated carbocycles. The third kappa shape index (κ3) is 3.93. The fraction of sp³-hybridized carbons (Fsp3) is 0.600. The first-order valence-corrected chi connectivity index (χ1v) is 7.27. The summed E-state index contributed by atoms with van der Waals surface area (Å²) in [6.07, 6.45) is 4.12. The molecule has 20 heavy (non-hydrogen) atoms. The van der Waals surface area contributed by atoms with E-state index in [4.69, 9.17) is 5.73 Å². The van der Waals surface area contributed by atoms with E-state index in [2.05, 4.69) is 21.3 Å². The molecule has 0 spiro atoms. The molecule has 1 amide bonds. The van der Waals surface area contributed by atoms with Crippen LogP contribution in [0.15, 0.2) is 18.3 Å². The molecule has 1 saturated heterocycles. The first kappa shape index (κ1) is 14.8. The number of aromatic nitrogens is 1. The Bertz CT molecular complexity index is 436. The van der Waals surface area contributed by atoms with Crippen LogP contribution >= 0.6 is 0 Å². The van der Waals surface area contributed by atoms with Gasteiger partial charge < -0.3 is 16.0 Å². The second-order valence-electron chi connectivity index (χ2n) is 5.60. The molecule has 2 rings (SSSR count). The summed E-state index contributed by atoms with van der Waals surface area (Å²) in [5.41, 5.74) is 7.89. The van der Waals surface area contributed by atoms with Crippen LogP contribution in [0, 0.1) is 5.92 Å². The summed E-state index contributed by atoms with van der Waals surface area (Å²) in [4.78, 5) is 17.7. The van der Waals surface area contributed by atoms with Gasteiger partial charge in [-0.3, -0.25) is 9.78 Å². The first-order valence-electron chi connectivity index (χ1n) is 7.27. The normalized spacial score (nSPS) is 17.9. The van der Waals surface area contributed by atoms with E-state index in [0.29, 0.717) is 5.92 Å². The van der Waals surface area contributed by atoms with Gasteiger partial charge in [0, 0.05) is 32.6 Å². The molecule has 2 heterocycles. The fourth-order valence-corrected chi connectivity index (χ4v) is 2.54. The minimum Gasteiger partial charge on any atom is -0.370 e. The monoisotopic (exact) mass is 276 g/mol. The Hall–Kier alpha value is -1.62. The zero-order chi connectivity index (χ0) is 14.5. The van der Waals surface area contributed by atoms with Gasteiger partial charge in [0.25, 0.3) is 0 Å². The number of hydrogen-bond donors (Lipinski definition) is 2. The molecule has 1 fully saturated rings. The van der Waals surface area contributed by atoms with E-state index in [1.807, 2.05) is 19.2 Å². The maximum atomic E-state index is 10.9. The maximum Gasteiger partial charge on any atom is 0.216 e. The highest BCUT2D eigenvalue weighted by atomic mass is 16.1. The molecule has 1 aliphatic rings.